The molecule has 1 aliphatic rings. The minimum Gasteiger partial charge on any atom is -0.345 e. The highest BCUT2D eigenvalue weighted by Crippen LogP contribution is 2.39. The maximum absolute atomic E-state index is 12.2. The fraction of sp³-hybridized carbons (Fsp3) is 0.500. The minimum atomic E-state index is -0.269. The molecule has 1 fully saturated rings. The molecule has 0 radical (unpaired) electrons. The summed E-state index contributed by atoms with van der Waals surface area (Å²) in [5.41, 5.74) is 7.33. The lowest BCUT2D eigenvalue weighted by Crippen LogP contribution is -2.53. The van der Waals surface area contributed by atoms with Gasteiger partial charge in [0.2, 0.25) is 0 Å². The van der Waals surface area contributed by atoms with Crippen molar-refractivity contribution >= 4 is 21.8 Å². The summed E-state index contributed by atoms with van der Waals surface area (Å²) in [6, 6.07) is 5.64. The molecule has 1 aliphatic carbocycles. The lowest BCUT2D eigenvalue weighted by Gasteiger charge is -2.29. The first-order valence-electron chi connectivity index (χ1n) is 6.25. The van der Waals surface area contributed by atoms with Gasteiger partial charge in [-0.15, -0.1) is 0 Å². The summed E-state index contributed by atoms with van der Waals surface area (Å²) in [6.45, 7) is 4.52. The van der Waals surface area contributed by atoms with Gasteiger partial charge in [-0.25, -0.2) is 0 Å². The van der Waals surface area contributed by atoms with Gasteiger partial charge in [-0.2, -0.15) is 0 Å². The third-order valence-electron chi connectivity index (χ3n) is 3.74. The van der Waals surface area contributed by atoms with Crippen LogP contribution in [-0.4, -0.2) is 18.0 Å². The Labute approximate surface area is 116 Å². The number of rotatable bonds is 4. The van der Waals surface area contributed by atoms with Gasteiger partial charge in [-0.3, -0.25) is 4.79 Å². The van der Waals surface area contributed by atoms with E-state index in [1.165, 1.54) is 0 Å². The molecule has 1 unspecified atom stereocenters. The van der Waals surface area contributed by atoms with E-state index in [-0.39, 0.29) is 11.4 Å². The van der Waals surface area contributed by atoms with E-state index in [0.29, 0.717) is 18.0 Å². The van der Waals surface area contributed by atoms with Crippen LogP contribution in [0.15, 0.2) is 22.7 Å². The van der Waals surface area contributed by atoms with Crippen molar-refractivity contribution in [3.8, 4) is 0 Å². The molecule has 4 heteroatoms. The Morgan fingerprint density at radius 3 is 2.72 bits per heavy atom. The van der Waals surface area contributed by atoms with Crippen molar-refractivity contribution in [3.63, 3.8) is 0 Å². The SMILES string of the molecule is Cc1ccc(C(=O)NC(C)(CN)C2CC2)cc1Br. The van der Waals surface area contributed by atoms with Crippen LogP contribution in [0.5, 0.6) is 0 Å². The maximum atomic E-state index is 12.2. The number of carbonyl (C=O) groups excluding carboxylic acids is 1. The number of hydrogen-bond acceptors (Lipinski definition) is 2. The van der Waals surface area contributed by atoms with Crippen LogP contribution in [0.25, 0.3) is 0 Å². The molecule has 1 atom stereocenters. The average Bonchev–Trinajstić information content (AvgIpc) is 3.16. The standard InChI is InChI=1S/C14H19BrN2O/c1-9-3-4-10(7-12(9)15)13(18)17-14(2,8-16)11-5-6-11/h3-4,7,11H,5-6,8,16H2,1-2H3,(H,17,18). The number of benzene rings is 1. The quantitative estimate of drug-likeness (QED) is 0.898. The molecule has 0 spiro atoms. The lowest BCUT2D eigenvalue weighted by molar-refractivity contribution is 0.0898. The fourth-order valence-corrected chi connectivity index (χ4v) is 2.48. The first-order chi connectivity index (χ1) is 8.46. The molecular formula is C14H19BrN2O. The molecule has 1 aromatic rings. The van der Waals surface area contributed by atoms with Crippen LogP contribution in [0, 0.1) is 12.8 Å². The van der Waals surface area contributed by atoms with Crippen molar-refractivity contribution in [3.05, 3.63) is 33.8 Å². The second kappa shape index (κ2) is 5.02. The van der Waals surface area contributed by atoms with E-state index in [2.05, 4.69) is 21.2 Å². The van der Waals surface area contributed by atoms with Crippen molar-refractivity contribution in [2.24, 2.45) is 11.7 Å². The Balaban J connectivity index is 2.13. The summed E-state index contributed by atoms with van der Waals surface area (Å²) in [7, 11) is 0. The number of halogens is 1. The van der Waals surface area contributed by atoms with E-state index in [4.69, 9.17) is 5.73 Å². The number of aryl methyl sites for hydroxylation is 1. The van der Waals surface area contributed by atoms with Crippen LogP contribution < -0.4 is 11.1 Å². The Kier molecular flexibility index (Phi) is 3.78. The van der Waals surface area contributed by atoms with Crippen LogP contribution in [0.2, 0.25) is 0 Å². The molecule has 2 rings (SSSR count). The third kappa shape index (κ3) is 2.75. The van der Waals surface area contributed by atoms with E-state index >= 15 is 0 Å². The van der Waals surface area contributed by atoms with Crippen LogP contribution >= 0.6 is 15.9 Å². The van der Waals surface area contributed by atoms with Crippen molar-refractivity contribution in [2.45, 2.75) is 32.2 Å². The lowest BCUT2D eigenvalue weighted by atomic mass is 9.95. The number of nitrogens with one attached hydrogen (secondary N) is 1. The highest BCUT2D eigenvalue weighted by atomic mass is 79.9. The van der Waals surface area contributed by atoms with Gasteiger partial charge in [-0.1, -0.05) is 22.0 Å². The second-order valence-corrected chi connectivity index (χ2v) is 6.17. The Morgan fingerprint density at radius 2 is 2.22 bits per heavy atom. The molecule has 0 heterocycles. The molecule has 0 bridgehead atoms. The van der Waals surface area contributed by atoms with Gasteiger partial charge in [0.05, 0.1) is 5.54 Å². The summed E-state index contributed by atoms with van der Waals surface area (Å²) in [5.74, 6) is 0.482. The first-order valence-corrected chi connectivity index (χ1v) is 7.04. The summed E-state index contributed by atoms with van der Waals surface area (Å²) < 4.78 is 0.955. The number of carbonyl (C=O) groups is 1. The zero-order valence-electron chi connectivity index (χ0n) is 10.8. The summed E-state index contributed by atoms with van der Waals surface area (Å²) in [6.07, 6.45) is 2.32. The fourth-order valence-electron chi connectivity index (χ4n) is 2.11. The summed E-state index contributed by atoms with van der Waals surface area (Å²) in [5, 5.41) is 3.08. The zero-order chi connectivity index (χ0) is 13.3. The van der Waals surface area contributed by atoms with Gasteiger partial charge in [0.25, 0.3) is 5.91 Å². The molecule has 18 heavy (non-hydrogen) atoms. The van der Waals surface area contributed by atoms with Gasteiger partial charge in [0.15, 0.2) is 0 Å². The third-order valence-corrected chi connectivity index (χ3v) is 4.59. The second-order valence-electron chi connectivity index (χ2n) is 5.31. The predicted molar refractivity (Wildman–Crippen MR) is 76.5 cm³/mol. The predicted octanol–water partition coefficient (Wildman–Crippen LogP) is 2.61. The Hall–Kier alpha value is -0.870. The van der Waals surface area contributed by atoms with Gasteiger partial charge in [-0.05, 0) is 50.3 Å². The molecule has 1 saturated carbocycles. The molecule has 0 aromatic heterocycles. The van der Waals surface area contributed by atoms with E-state index in [9.17, 15) is 4.79 Å². The largest absolute Gasteiger partial charge is 0.345 e. The van der Waals surface area contributed by atoms with E-state index in [1.807, 2.05) is 32.0 Å². The zero-order valence-corrected chi connectivity index (χ0v) is 12.4. The molecule has 3 nitrogen and oxygen atoms in total. The van der Waals surface area contributed by atoms with Crippen molar-refractivity contribution < 1.29 is 4.79 Å². The van der Waals surface area contributed by atoms with E-state index < -0.39 is 0 Å². The van der Waals surface area contributed by atoms with Gasteiger partial charge >= 0.3 is 0 Å². The van der Waals surface area contributed by atoms with Crippen LogP contribution in [-0.2, 0) is 0 Å². The van der Waals surface area contributed by atoms with Gasteiger partial charge in [0.1, 0.15) is 0 Å². The van der Waals surface area contributed by atoms with Crippen LogP contribution in [0.4, 0.5) is 0 Å². The molecular weight excluding hydrogens is 292 g/mol. The van der Waals surface area contributed by atoms with Crippen molar-refractivity contribution in [2.75, 3.05) is 6.54 Å². The van der Waals surface area contributed by atoms with Gasteiger partial charge < -0.3 is 11.1 Å². The highest BCUT2D eigenvalue weighted by molar-refractivity contribution is 9.10. The topological polar surface area (TPSA) is 55.1 Å². The molecule has 3 N–H and O–H groups in total. The normalized spacial score (nSPS) is 18.2. The van der Waals surface area contributed by atoms with Gasteiger partial charge in [0, 0.05) is 16.6 Å². The number of nitrogens with two attached hydrogens (primary N) is 1. The Morgan fingerprint density at radius 1 is 1.56 bits per heavy atom. The van der Waals surface area contributed by atoms with Crippen LogP contribution in [0.3, 0.4) is 0 Å². The maximum Gasteiger partial charge on any atom is 0.251 e. The van der Waals surface area contributed by atoms with E-state index in [0.717, 1.165) is 22.9 Å². The first kappa shape index (κ1) is 13.6. The van der Waals surface area contributed by atoms with Crippen LogP contribution in [0.1, 0.15) is 35.7 Å². The van der Waals surface area contributed by atoms with Crippen molar-refractivity contribution in [1.82, 2.24) is 5.32 Å². The monoisotopic (exact) mass is 310 g/mol. The Bertz CT molecular complexity index is 471. The van der Waals surface area contributed by atoms with E-state index in [1.54, 1.807) is 0 Å². The number of amides is 1. The number of hydrogen-bond donors (Lipinski definition) is 2. The highest BCUT2D eigenvalue weighted by Gasteiger charge is 2.41. The molecule has 1 amide bonds. The van der Waals surface area contributed by atoms with Crippen molar-refractivity contribution in [1.29, 1.82) is 0 Å². The summed E-state index contributed by atoms with van der Waals surface area (Å²) >= 11 is 3.45. The molecule has 1 aromatic carbocycles. The molecule has 0 aliphatic heterocycles. The minimum absolute atomic E-state index is 0.0458. The summed E-state index contributed by atoms with van der Waals surface area (Å²) in [4.78, 5) is 12.2. The average molecular weight is 311 g/mol. The smallest absolute Gasteiger partial charge is 0.251 e. The molecule has 98 valence electrons. The molecule has 0 saturated heterocycles.